The number of thiocarbonyl (C=S) groups is 1. The number of halogens is 3. The lowest BCUT2D eigenvalue weighted by molar-refractivity contribution is 0.0977. The topological polar surface area (TPSA) is 41.1 Å². The Hall–Kier alpha value is -1.14. The summed E-state index contributed by atoms with van der Waals surface area (Å²) in [5, 5.41) is 6.49. The first kappa shape index (κ1) is 16.2. The second-order valence-corrected chi connectivity index (χ2v) is 6.09. The van der Waals surface area contributed by atoms with E-state index in [0.29, 0.717) is 25.8 Å². The highest BCUT2D eigenvalue weighted by Gasteiger charge is 2.11. The van der Waals surface area contributed by atoms with Crippen molar-refractivity contribution in [3.05, 3.63) is 62.5 Å². The Labute approximate surface area is 145 Å². The Morgan fingerprint density at radius 1 is 1.10 bits per heavy atom. The van der Waals surface area contributed by atoms with Crippen molar-refractivity contribution in [1.82, 2.24) is 5.32 Å². The number of hydrogen-bond donors (Lipinski definition) is 2. The van der Waals surface area contributed by atoms with Crippen molar-refractivity contribution in [2.24, 2.45) is 0 Å². The fourth-order valence-electron chi connectivity index (χ4n) is 1.55. The molecule has 0 radical (unpaired) electrons. The Morgan fingerprint density at radius 3 is 2.48 bits per heavy atom. The van der Waals surface area contributed by atoms with E-state index in [9.17, 15) is 4.79 Å². The van der Waals surface area contributed by atoms with E-state index in [1.807, 2.05) is 6.07 Å². The maximum atomic E-state index is 12.1. The number of anilines is 1. The molecule has 0 spiro atoms. The van der Waals surface area contributed by atoms with Crippen LogP contribution in [0.3, 0.4) is 0 Å². The minimum atomic E-state index is -0.306. The van der Waals surface area contributed by atoms with Crippen LogP contribution in [0.1, 0.15) is 10.4 Å². The van der Waals surface area contributed by atoms with Gasteiger partial charge in [-0.1, -0.05) is 35.3 Å². The third kappa shape index (κ3) is 4.41. The van der Waals surface area contributed by atoms with Crippen LogP contribution >= 0.6 is 51.3 Å². The lowest BCUT2D eigenvalue weighted by Gasteiger charge is -2.11. The molecule has 1 amide bonds. The number of benzene rings is 2. The van der Waals surface area contributed by atoms with Crippen LogP contribution in [0.25, 0.3) is 0 Å². The number of carbonyl (C=O) groups is 1. The highest BCUT2D eigenvalue weighted by molar-refractivity contribution is 9.10. The zero-order valence-corrected chi connectivity index (χ0v) is 14.4. The summed E-state index contributed by atoms with van der Waals surface area (Å²) in [6.07, 6.45) is 0. The van der Waals surface area contributed by atoms with Crippen LogP contribution in [0.4, 0.5) is 5.69 Å². The van der Waals surface area contributed by atoms with Gasteiger partial charge in [0.15, 0.2) is 5.11 Å². The lowest BCUT2D eigenvalue weighted by Crippen LogP contribution is -2.34. The van der Waals surface area contributed by atoms with E-state index in [2.05, 4.69) is 26.6 Å². The van der Waals surface area contributed by atoms with Gasteiger partial charge in [0.1, 0.15) is 0 Å². The standard InChI is InChI=1S/C14H9BrCl2N2OS/c15-10-4-2-1-3-9(10)13(20)19-14(21)18-8-5-6-11(16)12(17)7-8/h1-7H,(H2,18,19,20,21). The number of hydrogen-bond acceptors (Lipinski definition) is 2. The van der Waals surface area contributed by atoms with E-state index >= 15 is 0 Å². The van der Waals surface area contributed by atoms with Crippen molar-refractivity contribution in [1.29, 1.82) is 0 Å². The number of nitrogens with one attached hydrogen (secondary N) is 2. The van der Waals surface area contributed by atoms with Crippen LogP contribution in [0.15, 0.2) is 46.9 Å². The van der Waals surface area contributed by atoms with Crippen LogP contribution < -0.4 is 10.6 Å². The first-order valence-corrected chi connectivity index (χ1v) is 7.75. The smallest absolute Gasteiger partial charge is 0.258 e. The molecule has 0 aliphatic heterocycles. The average molecular weight is 404 g/mol. The molecule has 0 unspecified atom stereocenters. The molecule has 0 aliphatic rings. The van der Waals surface area contributed by atoms with E-state index < -0.39 is 0 Å². The van der Waals surface area contributed by atoms with E-state index in [0.717, 1.165) is 0 Å². The molecule has 2 aromatic carbocycles. The fourth-order valence-corrected chi connectivity index (χ4v) is 2.53. The molecule has 2 N–H and O–H groups in total. The normalized spacial score (nSPS) is 10.0. The van der Waals surface area contributed by atoms with Gasteiger partial charge < -0.3 is 5.32 Å². The predicted octanol–water partition coefficient (Wildman–Crippen LogP) is 4.88. The number of rotatable bonds is 2. The Balaban J connectivity index is 2.03. The third-order valence-corrected chi connectivity index (χ3v) is 4.16. The fraction of sp³-hybridized carbons (Fsp3) is 0. The minimum Gasteiger partial charge on any atom is -0.332 e. The summed E-state index contributed by atoms with van der Waals surface area (Å²) in [5.41, 5.74) is 1.14. The molecule has 2 aromatic rings. The molecular weight excluding hydrogens is 395 g/mol. The van der Waals surface area contributed by atoms with Gasteiger partial charge in [-0.3, -0.25) is 10.1 Å². The quantitative estimate of drug-likeness (QED) is 0.702. The summed E-state index contributed by atoms with van der Waals surface area (Å²) >= 11 is 20.2. The zero-order valence-electron chi connectivity index (χ0n) is 10.5. The van der Waals surface area contributed by atoms with Gasteiger partial charge in [-0.2, -0.15) is 0 Å². The van der Waals surface area contributed by atoms with Gasteiger partial charge in [0.25, 0.3) is 5.91 Å². The van der Waals surface area contributed by atoms with Gasteiger partial charge in [0.05, 0.1) is 15.6 Å². The average Bonchev–Trinajstić information content (AvgIpc) is 2.43. The van der Waals surface area contributed by atoms with Crippen LogP contribution in [-0.2, 0) is 0 Å². The first-order chi connectivity index (χ1) is 9.97. The van der Waals surface area contributed by atoms with Crippen LogP contribution in [0, 0.1) is 0 Å². The molecule has 0 bridgehead atoms. The lowest BCUT2D eigenvalue weighted by atomic mass is 10.2. The number of amides is 1. The maximum Gasteiger partial charge on any atom is 0.258 e. The van der Waals surface area contributed by atoms with Crippen molar-refractivity contribution in [2.75, 3.05) is 5.32 Å². The molecule has 2 rings (SSSR count). The summed E-state index contributed by atoms with van der Waals surface area (Å²) < 4.78 is 0.694. The maximum absolute atomic E-state index is 12.1. The second kappa shape index (κ2) is 7.22. The van der Waals surface area contributed by atoms with Crippen LogP contribution in [-0.4, -0.2) is 11.0 Å². The molecule has 0 aliphatic carbocycles. The molecule has 21 heavy (non-hydrogen) atoms. The Bertz CT molecular complexity index is 709. The van der Waals surface area contributed by atoms with Crippen molar-refractivity contribution >= 4 is 68.1 Å². The van der Waals surface area contributed by atoms with Gasteiger partial charge in [0.2, 0.25) is 0 Å². The molecule has 0 saturated carbocycles. The monoisotopic (exact) mass is 402 g/mol. The molecular formula is C14H9BrCl2N2OS. The van der Waals surface area contributed by atoms with Gasteiger partial charge >= 0.3 is 0 Å². The van der Waals surface area contributed by atoms with Crippen molar-refractivity contribution < 1.29 is 4.79 Å². The SMILES string of the molecule is O=C(NC(=S)Nc1ccc(Cl)c(Cl)c1)c1ccccc1Br. The molecule has 7 heteroatoms. The highest BCUT2D eigenvalue weighted by atomic mass is 79.9. The molecule has 0 fully saturated rings. The van der Waals surface area contributed by atoms with Gasteiger partial charge in [0, 0.05) is 10.2 Å². The second-order valence-electron chi connectivity index (χ2n) is 4.02. The molecule has 0 heterocycles. The first-order valence-electron chi connectivity index (χ1n) is 5.79. The zero-order chi connectivity index (χ0) is 15.4. The van der Waals surface area contributed by atoms with Crippen LogP contribution in [0.5, 0.6) is 0 Å². The van der Waals surface area contributed by atoms with E-state index in [1.54, 1.807) is 36.4 Å². The van der Waals surface area contributed by atoms with Crippen molar-refractivity contribution in [2.45, 2.75) is 0 Å². The highest BCUT2D eigenvalue weighted by Crippen LogP contribution is 2.25. The summed E-state index contributed by atoms with van der Waals surface area (Å²) in [6, 6.07) is 12.1. The summed E-state index contributed by atoms with van der Waals surface area (Å²) in [6.45, 7) is 0. The summed E-state index contributed by atoms with van der Waals surface area (Å²) in [5.74, 6) is -0.306. The molecule has 0 aromatic heterocycles. The van der Waals surface area contributed by atoms with Crippen LogP contribution in [0.2, 0.25) is 10.0 Å². The third-order valence-electron chi connectivity index (χ3n) is 2.52. The molecule has 0 saturated heterocycles. The van der Waals surface area contributed by atoms with Gasteiger partial charge in [-0.15, -0.1) is 0 Å². The van der Waals surface area contributed by atoms with Crippen molar-refractivity contribution in [3.8, 4) is 0 Å². The molecule has 0 atom stereocenters. The summed E-state index contributed by atoms with van der Waals surface area (Å²) in [4.78, 5) is 12.1. The molecule has 3 nitrogen and oxygen atoms in total. The largest absolute Gasteiger partial charge is 0.332 e. The minimum absolute atomic E-state index is 0.175. The van der Waals surface area contributed by atoms with E-state index in [-0.39, 0.29) is 11.0 Å². The predicted molar refractivity (Wildman–Crippen MR) is 94.3 cm³/mol. The van der Waals surface area contributed by atoms with Gasteiger partial charge in [-0.25, -0.2) is 0 Å². The van der Waals surface area contributed by atoms with E-state index in [4.69, 9.17) is 35.4 Å². The Morgan fingerprint density at radius 2 is 1.81 bits per heavy atom. The summed E-state index contributed by atoms with van der Waals surface area (Å²) in [7, 11) is 0. The molecule has 108 valence electrons. The number of carbonyl (C=O) groups excluding carboxylic acids is 1. The van der Waals surface area contributed by atoms with Crippen molar-refractivity contribution in [3.63, 3.8) is 0 Å². The van der Waals surface area contributed by atoms with Gasteiger partial charge in [-0.05, 0) is 58.5 Å². The Kier molecular flexibility index (Phi) is 5.58. The van der Waals surface area contributed by atoms with E-state index in [1.165, 1.54) is 0 Å².